The Morgan fingerprint density at radius 2 is 1.85 bits per heavy atom. The Morgan fingerprint density at radius 3 is 2.23 bits per heavy atom. The molecule has 13 heavy (non-hydrogen) atoms. The van der Waals surface area contributed by atoms with Gasteiger partial charge in [-0.1, -0.05) is 20.8 Å². The van der Waals surface area contributed by atoms with Crippen molar-refractivity contribution in [2.75, 3.05) is 19.0 Å². The van der Waals surface area contributed by atoms with Gasteiger partial charge in [-0.05, 0) is 31.2 Å². The molecule has 0 aromatic heterocycles. The van der Waals surface area contributed by atoms with Gasteiger partial charge in [0, 0.05) is 18.5 Å². The second-order valence-electron chi connectivity index (χ2n) is 5.27. The number of rotatable bonds is 5. The molecule has 0 heterocycles. The smallest absolute Gasteiger partial charge is 0.0351 e. The molecule has 0 aliphatic heterocycles. The maximum atomic E-state index is 5.78. The van der Waals surface area contributed by atoms with E-state index in [4.69, 9.17) is 11.6 Å². The van der Waals surface area contributed by atoms with Gasteiger partial charge in [0.1, 0.15) is 0 Å². The molecule has 0 radical (unpaired) electrons. The highest BCUT2D eigenvalue weighted by molar-refractivity contribution is 6.18. The van der Waals surface area contributed by atoms with E-state index >= 15 is 0 Å². The highest BCUT2D eigenvalue weighted by Gasteiger charge is 2.28. The van der Waals surface area contributed by atoms with Crippen LogP contribution >= 0.6 is 11.6 Å². The van der Waals surface area contributed by atoms with Crippen molar-refractivity contribution in [3.63, 3.8) is 0 Å². The molecule has 2 heteroatoms. The summed E-state index contributed by atoms with van der Waals surface area (Å²) < 4.78 is 0. The van der Waals surface area contributed by atoms with Gasteiger partial charge in [-0.25, -0.2) is 0 Å². The summed E-state index contributed by atoms with van der Waals surface area (Å²) in [6.45, 7) is 9.21. The molecule has 1 aliphatic rings. The highest BCUT2D eigenvalue weighted by atomic mass is 35.5. The van der Waals surface area contributed by atoms with Crippen LogP contribution in [0.2, 0.25) is 0 Å². The molecule has 0 unspecified atom stereocenters. The quantitative estimate of drug-likeness (QED) is 0.621. The van der Waals surface area contributed by atoms with E-state index < -0.39 is 0 Å². The molecular formula is C11H22ClN. The molecule has 1 aliphatic carbocycles. The summed E-state index contributed by atoms with van der Waals surface area (Å²) in [4.78, 5) is 2.55. The molecular weight excluding hydrogens is 182 g/mol. The topological polar surface area (TPSA) is 3.24 Å². The van der Waals surface area contributed by atoms with Crippen LogP contribution in [0.1, 0.15) is 40.0 Å². The van der Waals surface area contributed by atoms with Gasteiger partial charge in [0.15, 0.2) is 0 Å². The van der Waals surface area contributed by atoms with Crippen LogP contribution in [0.15, 0.2) is 0 Å². The lowest BCUT2D eigenvalue weighted by Gasteiger charge is -2.26. The fourth-order valence-corrected chi connectivity index (χ4v) is 1.72. The third-order valence-electron chi connectivity index (χ3n) is 2.58. The molecule has 0 saturated heterocycles. The normalized spacial score (nSPS) is 18.2. The molecule has 0 N–H and O–H groups in total. The molecule has 0 aromatic carbocycles. The zero-order valence-corrected chi connectivity index (χ0v) is 9.90. The van der Waals surface area contributed by atoms with Gasteiger partial charge in [-0.15, -0.1) is 11.6 Å². The van der Waals surface area contributed by atoms with E-state index in [9.17, 15) is 0 Å². The fourth-order valence-electron chi connectivity index (χ4n) is 1.50. The number of hydrogen-bond donors (Lipinski definition) is 0. The van der Waals surface area contributed by atoms with Crippen molar-refractivity contribution in [3.05, 3.63) is 0 Å². The molecule has 0 spiro atoms. The van der Waals surface area contributed by atoms with E-state index in [1.165, 1.54) is 25.8 Å². The van der Waals surface area contributed by atoms with Crippen LogP contribution < -0.4 is 0 Å². The number of alkyl halides is 1. The van der Waals surface area contributed by atoms with Crippen LogP contribution in [0.4, 0.5) is 0 Å². The van der Waals surface area contributed by atoms with Crippen molar-refractivity contribution < 1.29 is 0 Å². The maximum Gasteiger partial charge on any atom is 0.0351 e. The van der Waals surface area contributed by atoms with Crippen LogP contribution in [-0.4, -0.2) is 29.9 Å². The lowest BCUT2D eigenvalue weighted by molar-refractivity contribution is 0.230. The van der Waals surface area contributed by atoms with Crippen molar-refractivity contribution in [3.8, 4) is 0 Å². The van der Waals surface area contributed by atoms with E-state index in [1.54, 1.807) is 0 Å². The van der Waals surface area contributed by atoms with E-state index in [0.29, 0.717) is 5.41 Å². The summed E-state index contributed by atoms with van der Waals surface area (Å²) in [6.07, 6.45) is 4.06. The van der Waals surface area contributed by atoms with Gasteiger partial charge in [0.25, 0.3) is 0 Å². The van der Waals surface area contributed by atoms with Crippen molar-refractivity contribution in [1.82, 2.24) is 4.90 Å². The molecule has 1 saturated carbocycles. The van der Waals surface area contributed by atoms with Gasteiger partial charge in [0.2, 0.25) is 0 Å². The second-order valence-corrected chi connectivity index (χ2v) is 5.64. The van der Waals surface area contributed by atoms with E-state index in [1.807, 2.05) is 0 Å². The van der Waals surface area contributed by atoms with Crippen molar-refractivity contribution in [2.45, 2.75) is 46.1 Å². The monoisotopic (exact) mass is 203 g/mol. The average molecular weight is 204 g/mol. The Labute approximate surface area is 87.4 Å². The summed E-state index contributed by atoms with van der Waals surface area (Å²) >= 11 is 5.78. The SMILES string of the molecule is CC(C)(C)CCN(CCCl)C1CC1. The molecule has 0 atom stereocenters. The number of nitrogens with zero attached hydrogens (tertiary/aromatic N) is 1. The second kappa shape index (κ2) is 4.65. The number of halogens is 1. The Kier molecular flexibility index (Phi) is 4.06. The zero-order chi connectivity index (χ0) is 9.90. The zero-order valence-electron chi connectivity index (χ0n) is 9.15. The van der Waals surface area contributed by atoms with Gasteiger partial charge in [-0.3, -0.25) is 4.90 Å². The summed E-state index contributed by atoms with van der Waals surface area (Å²) in [5.41, 5.74) is 0.458. The van der Waals surface area contributed by atoms with E-state index in [-0.39, 0.29) is 0 Å². The summed E-state index contributed by atoms with van der Waals surface area (Å²) in [5.74, 6) is 0.778. The molecule has 1 nitrogen and oxygen atoms in total. The Balaban J connectivity index is 2.22. The molecule has 0 amide bonds. The van der Waals surface area contributed by atoms with Crippen molar-refractivity contribution >= 4 is 11.6 Å². The standard InChI is InChI=1S/C11H22ClN/c1-11(2,3)6-8-13(9-7-12)10-4-5-10/h10H,4-9H2,1-3H3. The Morgan fingerprint density at radius 1 is 1.23 bits per heavy atom. The van der Waals surface area contributed by atoms with Crippen LogP contribution in [0.3, 0.4) is 0 Å². The Bertz CT molecular complexity index is 147. The summed E-state index contributed by atoms with van der Waals surface area (Å²) in [5, 5.41) is 0. The first-order valence-electron chi connectivity index (χ1n) is 5.33. The van der Waals surface area contributed by atoms with Crippen LogP contribution in [0, 0.1) is 5.41 Å². The first kappa shape index (κ1) is 11.3. The molecule has 1 fully saturated rings. The van der Waals surface area contributed by atoms with E-state index in [0.717, 1.165) is 18.5 Å². The fraction of sp³-hybridized carbons (Fsp3) is 1.00. The lowest BCUT2D eigenvalue weighted by atomic mass is 9.92. The highest BCUT2D eigenvalue weighted by Crippen LogP contribution is 2.28. The largest absolute Gasteiger partial charge is 0.299 e. The number of hydrogen-bond acceptors (Lipinski definition) is 1. The van der Waals surface area contributed by atoms with Crippen LogP contribution in [-0.2, 0) is 0 Å². The molecule has 0 bridgehead atoms. The summed E-state index contributed by atoms with van der Waals surface area (Å²) in [7, 11) is 0. The van der Waals surface area contributed by atoms with Crippen LogP contribution in [0.5, 0.6) is 0 Å². The third kappa shape index (κ3) is 4.87. The minimum Gasteiger partial charge on any atom is -0.299 e. The maximum absolute atomic E-state index is 5.78. The minimum atomic E-state index is 0.458. The van der Waals surface area contributed by atoms with Gasteiger partial charge < -0.3 is 0 Å². The van der Waals surface area contributed by atoms with Crippen LogP contribution in [0.25, 0.3) is 0 Å². The Hall–Kier alpha value is 0.250. The van der Waals surface area contributed by atoms with Crippen molar-refractivity contribution in [2.24, 2.45) is 5.41 Å². The van der Waals surface area contributed by atoms with E-state index in [2.05, 4.69) is 25.7 Å². The average Bonchev–Trinajstić information content (AvgIpc) is 2.78. The first-order chi connectivity index (χ1) is 6.03. The lowest BCUT2D eigenvalue weighted by Crippen LogP contribution is -2.31. The minimum absolute atomic E-state index is 0.458. The molecule has 1 rings (SSSR count). The predicted octanol–water partition coefficient (Wildman–Crippen LogP) is 3.13. The van der Waals surface area contributed by atoms with Crippen molar-refractivity contribution in [1.29, 1.82) is 0 Å². The van der Waals surface area contributed by atoms with Gasteiger partial charge >= 0.3 is 0 Å². The predicted molar refractivity (Wildman–Crippen MR) is 59.4 cm³/mol. The van der Waals surface area contributed by atoms with Gasteiger partial charge in [-0.2, -0.15) is 0 Å². The summed E-state index contributed by atoms with van der Waals surface area (Å²) in [6, 6.07) is 0.862. The van der Waals surface area contributed by atoms with Gasteiger partial charge in [0.05, 0.1) is 0 Å². The molecule has 78 valence electrons. The first-order valence-corrected chi connectivity index (χ1v) is 5.86. The molecule has 0 aromatic rings. The third-order valence-corrected chi connectivity index (χ3v) is 2.75.